The Balaban J connectivity index is 1.79. The average molecular weight is 252 g/mol. The van der Waals surface area contributed by atoms with Gasteiger partial charge < -0.3 is 10.1 Å². The number of rotatable bonds is 2. The molecule has 3 heterocycles. The quantitative estimate of drug-likeness (QED) is 0.879. The van der Waals surface area contributed by atoms with Crippen LogP contribution in [-0.4, -0.2) is 24.7 Å². The molecule has 0 bridgehead atoms. The van der Waals surface area contributed by atoms with Crippen molar-refractivity contribution in [2.24, 2.45) is 0 Å². The fraction of sp³-hybridized carbons (Fsp3) is 0.769. The number of aryl methyl sites for hydroxylation is 1. The maximum Gasteiger partial charge on any atom is 0.0964 e. The van der Waals surface area contributed by atoms with Gasteiger partial charge in [0.2, 0.25) is 0 Å². The van der Waals surface area contributed by atoms with E-state index in [9.17, 15) is 0 Å². The predicted molar refractivity (Wildman–Crippen MR) is 69.6 cm³/mol. The van der Waals surface area contributed by atoms with Gasteiger partial charge in [-0.1, -0.05) is 0 Å². The highest BCUT2D eigenvalue weighted by atomic mass is 32.1. The molecule has 2 aliphatic rings. The lowest BCUT2D eigenvalue weighted by Crippen LogP contribution is -2.13. The summed E-state index contributed by atoms with van der Waals surface area (Å²) in [6.07, 6.45) is 4.86. The molecule has 4 heteroatoms. The van der Waals surface area contributed by atoms with E-state index in [0.717, 1.165) is 32.6 Å². The molecule has 0 aliphatic carbocycles. The molecular formula is C13H20N2OS. The second-order valence-corrected chi connectivity index (χ2v) is 6.10. The van der Waals surface area contributed by atoms with Crippen molar-refractivity contribution >= 4 is 11.3 Å². The van der Waals surface area contributed by atoms with Gasteiger partial charge in [0.05, 0.1) is 10.7 Å². The number of aromatic nitrogens is 1. The smallest absolute Gasteiger partial charge is 0.0964 e. The summed E-state index contributed by atoms with van der Waals surface area (Å²) in [7, 11) is 0. The number of nitrogens with one attached hydrogen (secondary N) is 1. The second kappa shape index (κ2) is 5.04. The molecule has 1 unspecified atom stereocenters. The summed E-state index contributed by atoms with van der Waals surface area (Å²) < 4.78 is 5.42. The number of ether oxygens (including phenoxy) is 1. The van der Waals surface area contributed by atoms with Crippen LogP contribution in [-0.2, 0) is 4.74 Å². The summed E-state index contributed by atoms with van der Waals surface area (Å²) >= 11 is 1.93. The average Bonchev–Trinajstić information content (AvgIpc) is 2.99. The van der Waals surface area contributed by atoms with Crippen LogP contribution >= 0.6 is 11.3 Å². The Hall–Kier alpha value is -0.450. The third kappa shape index (κ3) is 2.39. The third-order valence-electron chi connectivity index (χ3n) is 3.80. The van der Waals surface area contributed by atoms with Crippen molar-refractivity contribution in [1.82, 2.24) is 10.3 Å². The van der Waals surface area contributed by atoms with Gasteiger partial charge in [-0.15, -0.1) is 11.3 Å². The zero-order valence-electron chi connectivity index (χ0n) is 10.4. The molecule has 0 radical (unpaired) electrons. The summed E-state index contributed by atoms with van der Waals surface area (Å²) in [5, 5.41) is 4.92. The number of thiazole rings is 1. The number of nitrogens with zero attached hydrogens (tertiary/aromatic N) is 1. The van der Waals surface area contributed by atoms with E-state index >= 15 is 0 Å². The molecule has 1 aromatic rings. The Labute approximate surface area is 107 Å². The van der Waals surface area contributed by atoms with Crippen molar-refractivity contribution in [3.63, 3.8) is 0 Å². The zero-order chi connectivity index (χ0) is 11.7. The fourth-order valence-electron chi connectivity index (χ4n) is 2.78. The highest BCUT2D eigenvalue weighted by Crippen LogP contribution is 2.36. The zero-order valence-corrected chi connectivity index (χ0v) is 11.2. The van der Waals surface area contributed by atoms with Crippen molar-refractivity contribution in [3.05, 3.63) is 15.6 Å². The Kier molecular flexibility index (Phi) is 3.45. The molecule has 0 aromatic carbocycles. The van der Waals surface area contributed by atoms with Crippen LogP contribution in [0.5, 0.6) is 0 Å². The summed E-state index contributed by atoms with van der Waals surface area (Å²) in [5.74, 6) is 0.641. The van der Waals surface area contributed by atoms with Crippen molar-refractivity contribution in [2.75, 3.05) is 19.8 Å². The van der Waals surface area contributed by atoms with Gasteiger partial charge in [-0.2, -0.15) is 0 Å². The third-order valence-corrected chi connectivity index (χ3v) is 5.23. The van der Waals surface area contributed by atoms with Crippen LogP contribution in [0.25, 0.3) is 0 Å². The van der Waals surface area contributed by atoms with Crippen molar-refractivity contribution in [2.45, 2.75) is 44.6 Å². The van der Waals surface area contributed by atoms with Crippen LogP contribution in [0, 0.1) is 6.92 Å². The molecule has 3 nitrogen and oxygen atoms in total. The predicted octanol–water partition coefficient (Wildman–Crippen LogP) is 2.77. The van der Waals surface area contributed by atoms with Crippen LogP contribution in [0.1, 0.15) is 53.2 Å². The minimum Gasteiger partial charge on any atom is -0.381 e. The first-order valence-corrected chi connectivity index (χ1v) is 7.44. The van der Waals surface area contributed by atoms with Crippen LogP contribution in [0.3, 0.4) is 0 Å². The maximum absolute atomic E-state index is 5.42. The minimum atomic E-state index is 0.570. The molecule has 0 saturated carbocycles. The standard InChI is InChI=1S/C13H20N2OS/c1-9-12(11-3-2-6-14-11)17-13(15-9)10-4-7-16-8-5-10/h10-11,14H,2-8H2,1H3. The highest BCUT2D eigenvalue weighted by Gasteiger charge is 2.25. The Morgan fingerprint density at radius 3 is 2.82 bits per heavy atom. The van der Waals surface area contributed by atoms with E-state index in [1.54, 1.807) is 0 Å². The molecule has 1 N–H and O–H groups in total. The molecule has 2 fully saturated rings. The van der Waals surface area contributed by atoms with E-state index in [0.29, 0.717) is 12.0 Å². The molecule has 1 atom stereocenters. The molecule has 3 rings (SSSR count). The lowest BCUT2D eigenvalue weighted by molar-refractivity contribution is 0.0852. The lowest BCUT2D eigenvalue weighted by Gasteiger charge is -2.19. The van der Waals surface area contributed by atoms with Gasteiger partial charge in [-0.05, 0) is 39.2 Å². The minimum absolute atomic E-state index is 0.570. The van der Waals surface area contributed by atoms with E-state index in [4.69, 9.17) is 9.72 Å². The van der Waals surface area contributed by atoms with Crippen LogP contribution in [0.2, 0.25) is 0 Å². The first-order valence-electron chi connectivity index (χ1n) is 6.63. The molecule has 94 valence electrons. The lowest BCUT2D eigenvalue weighted by atomic mass is 10.0. The molecular weight excluding hydrogens is 232 g/mol. The van der Waals surface area contributed by atoms with Crippen molar-refractivity contribution in [3.8, 4) is 0 Å². The van der Waals surface area contributed by atoms with Gasteiger partial charge >= 0.3 is 0 Å². The summed E-state index contributed by atoms with van der Waals surface area (Å²) in [4.78, 5) is 6.28. The van der Waals surface area contributed by atoms with E-state index in [1.807, 2.05) is 11.3 Å². The first-order chi connectivity index (χ1) is 8.34. The van der Waals surface area contributed by atoms with E-state index in [-0.39, 0.29) is 0 Å². The Bertz CT molecular complexity index is 379. The molecule has 1 aromatic heterocycles. The van der Waals surface area contributed by atoms with Crippen molar-refractivity contribution in [1.29, 1.82) is 0 Å². The highest BCUT2D eigenvalue weighted by molar-refractivity contribution is 7.11. The first kappa shape index (κ1) is 11.6. The monoisotopic (exact) mass is 252 g/mol. The van der Waals surface area contributed by atoms with Gasteiger partial charge in [0, 0.05) is 30.1 Å². The van der Waals surface area contributed by atoms with Gasteiger partial charge in [-0.25, -0.2) is 4.98 Å². The Morgan fingerprint density at radius 1 is 1.29 bits per heavy atom. The topological polar surface area (TPSA) is 34.1 Å². The molecule has 2 saturated heterocycles. The van der Waals surface area contributed by atoms with Gasteiger partial charge in [0.25, 0.3) is 0 Å². The van der Waals surface area contributed by atoms with Gasteiger partial charge in [0.15, 0.2) is 0 Å². The fourth-order valence-corrected chi connectivity index (χ4v) is 4.13. The molecule has 17 heavy (non-hydrogen) atoms. The van der Waals surface area contributed by atoms with Crippen LogP contribution < -0.4 is 5.32 Å². The molecule has 2 aliphatic heterocycles. The van der Waals surface area contributed by atoms with E-state index < -0.39 is 0 Å². The normalized spacial score (nSPS) is 26.5. The Morgan fingerprint density at radius 2 is 2.12 bits per heavy atom. The number of hydrogen-bond donors (Lipinski definition) is 1. The summed E-state index contributed by atoms with van der Waals surface area (Å²) in [5.41, 5.74) is 1.25. The summed E-state index contributed by atoms with van der Waals surface area (Å²) in [6.45, 7) is 5.13. The molecule has 0 amide bonds. The van der Waals surface area contributed by atoms with Crippen molar-refractivity contribution < 1.29 is 4.74 Å². The van der Waals surface area contributed by atoms with E-state index in [1.165, 1.54) is 28.4 Å². The number of hydrogen-bond acceptors (Lipinski definition) is 4. The van der Waals surface area contributed by atoms with Gasteiger partial charge in [0.1, 0.15) is 0 Å². The second-order valence-electron chi connectivity index (χ2n) is 5.04. The maximum atomic E-state index is 5.42. The largest absolute Gasteiger partial charge is 0.381 e. The van der Waals surface area contributed by atoms with Gasteiger partial charge in [-0.3, -0.25) is 0 Å². The van der Waals surface area contributed by atoms with Crippen LogP contribution in [0.4, 0.5) is 0 Å². The van der Waals surface area contributed by atoms with E-state index in [2.05, 4.69) is 12.2 Å². The SMILES string of the molecule is Cc1nc(C2CCOCC2)sc1C1CCCN1. The molecule has 0 spiro atoms. The van der Waals surface area contributed by atoms with Crippen LogP contribution in [0.15, 0.2) is 0 Å². The summed E-state index contributed by atoms with van der Waals surface area (Å²) in [6, 6.07) is 0.570.